The van der Waals surface area contributed by atoms with Gasteiger partial charge in [0, 0.05) is 0 Å². The van der Waals surface area contributed by atoms with Gasteiger partial charge in [-0.05, 0) is 36.5 Å². The molecule has 0 spiro atoms. The van der Waals surface area contributed by atoms with Crippen molar-refractivity contribution in [2.24, 2.45) is 0 Å². The molecule has 17 heavy (non-hydrogen) atoms. The van der Waals surface area contributed by atoms with Crippen LogP contribution in [0.15, 0.2) is 27.4 Å². The van der Waals surface area contributed by atoms with E-state index in [0.717, 1.165) is 11.9 Å². The minimum atomic E-state index is -0.376. The number of oxazole rings is 1. The second-order valence-corrected chi connectivity index (χ2v) is 4.52. The summed E-state index contributed by atoms with van der Waals surface area (Å²) in [6, 6.07) is 6.03. The zero-order chi connectivity index (χ0) is 12.3. The minimum absolute atomic E-state index is 0.376. The molecule has 1 aromatic heterocycles. The first-order chi connectivity index (χ1) is 8.24. The van der Waals surface area contributed by atoms with Gasteiger partial charge in [-0.2, -0.15) is 0 Å². The van der Waals surface area contributed by atoms with Crippen LogP contribution in [0.1, 0.15) is 51.0 Å². The van der Waals surface area contributed by atoms with Crippen LogP contribution in [0.4, 0.5) is 0 Å². The maximum Gasteiger partial charge on any atom is 0.417 e. The molecule has 3 nitrogen and oxygen atoms in total. The van der Waals surface area contributed by atoms with Crippen LogP contribution in [-0.2, 0) is 0 Å². The molecule has 1 N–H and O–H groups in total. The highest BCUT2D eigenvalue weighted by Crippen LogP contribution is 2.27. The van der Waals surface area contributed by atoms with Crippen molar-refractivity contribution in [1.82, 2.24) is 4.98 Å². The molecule has 1 unspecified atom stereocenters. The molecule has 0 aliphatic rings. The van der Waals surface area contributed by atoms with E-state index in [4.69, 9.17) is 4.42 Å². The van der Waals surface area contributed by atoms with E-state index in [0.29, 0.717) is 11.5 Å². The predicted molar refractivity (Wildman–Crippen MR) is 69.4 cm³/mol. The molecule has 0 saturated heterocycles. The number of hydrogen-bond acceptors (Lipinski definition) is 2. The number of aromatic nitrogens is 1. The molecule has 0 saturated carbocycles. The van der Waals surface area contributed by atoms with E-state index in [1.54, 1.807) is 0 Å². The number of nitrogens with one attached hydrogen (secondary N) is 1. The van der Waals surface area contributed by atoms with E-state index in [-0.39, 0.29) is 5.76 Å². The van der Waals surface area contributed by atoms with Crippen LogP contribution >= 0.6 is 0 Å². The largest absolute Gasteiger partial charge is 0.417 e. The third-order valence-electron chi connectivity index (χ3n) is 3.32. The van der Waals surface area contributed by atoms with E-state index < -0.39 is 0 Å². The molecule has 3 heteroatoms. The summed E-state index contributed by atoms with van der Waals surface area (Å²) in [6.45, 7) is 4.42. The summed E-state index contributed by atoms with van der Waals surface area (Å²) in [5.74, 6) is 0.193. The van der Waals surface area contributed by atoms with Gasteiger partial charge in [0.25, 0.3) is 0 Å². The van der Waals surface area contributed by atoms with Crippen molar-refractivity contribution in [2.45, 2.75) is 45.4 Å². The molecule has 0 radical (unpaired) electrons. The molecule has 0 amide bonds. The Balaban J connectivity index is 2.30. The van der Waals surface area contributed by atoms with Gasteiger partial charge in [0.05, 0.1) is 5.52 Å². The summed E-state index contributed by atoms with van der Waals surface area (Å²) in [5.41, 5.74) is 2.72. The van der Waals surface area contributed by atoms with E-state index in [1.165, 1.54) is 24.8 Å². The fraction of sp³-hybridized carbons (Fsp3) is 0.500. The maximum atomic E-state index is 11.1. The standard InChI is InChI=1S/C14H19NO2/c1-3-5-6-10(4-2)11-7-8-12-13(9-11)17-14(16)15-12/h7-10H,3-6H2,1-2H3,(H,15,16). The third kappa shape index (κ3) is 2.60. The van der Waals surface area contributed by atoms with Gasteiger partial charge in [-0.3, -0.25) is 4.98 Å². The first-order valence-corrected chi connectivity index (χ1v) is 6.37. The Morgan fingerprint density at radius 3 is 2.88 bits per heavy atom. The Hall–Kier alpha value is -1.51. The van der Waals surface area contributed by atoms with E-state index in [9.17, 15) is 4.79 Å². The highest BCUT2D eigenvalue weighted by Gasteiger charge is 2.11. The maximum absolute atomic E-state index is 11.1. The average molecular weight is 233 g/mol. The summed E-state index contributed by atoms with van der Waals surface area (Å²) in [7, 11) is 0. The van der Waals surface area contributed by atoms with Crippen molar-refractivity contribution in [2.75, 3.05) is 0 Å². The van der Waals surface area contributed by atoms with Gasteiger partial charge in [0.2, 0.25) is 0 Å². The molecule has 0 aliphatic heterocycles. The van der Waals surface area contributed by atoms with E-state index >= 15 is 0 Å². The number of fused-ring (bicyclic) bond motifs is 1. The molecule has 0 aliphatic carbocycles. The lowest BCUT2D eigenvalue weighted by Crippen LogP contribution is -1.97. The fourth-order valence-corrected chi connectivity index (χ4v) is 2.27. The highest BCUT2D eigenvalue weighted by atomic mass is 16.4. The zero-order valence-electron chi connectivity index (χ0n) is 10.5. The summed E-state index contributed by atoms with van der Waals surface area (Å²) in [6.07, 6.45) is 4.79. The molecule has 2 rings (SSSR count). The Morgan fingerprint density at radius 1 is 1.35 bits per heavy atom. The van der Waals surface area contributed by atoms with Crippen LogP contribution in [0.25, 0.3) is 11.1 Å². The quantitative estimate of drug-likeness (QED) is 0.853. The van der Waals surface area contributed by atoms with Crippen LogP contribution in [0, 0.1) is 0 Å². The number of aromatic amines is 1. The average Bonchev–Trinajstić information content (AvgIpc) is 2.69. The first kappa shape index (κ1) is 12.0. The smallest absolute Gasteiger partial charge is 0.408 e. The van der Waals surface area contributed by atoms with Crippen LogP contribution in [0.2, 0.25) is 0 Å². The van der Waals surface area contributed by atoms with Crippen LogP contribution < -0.4 is 5.76 Å². The number of H-pyrrole nitrogens is 1. The normalized spacial score (nSPS) is 13.1. The Labute approximate surface area is 101 Å². The summed E-state index contributed by atoms with van der Waals surface area (Å²) >= 11 is 0. The lowest BCUT2D eigenvalue weighted by Gasteiger charge is -2.14. The summed E-state index contributed by atoms with van der Waals surface area (Å²) in [4.78, 5) is 13.8. The van der Waals surface area contributed by atoms with Crippen molar-refractivity contribution >= 4 is 11.1 Å². The van der Waals surface area contributed by atoms with Gasteiger partial charge < -0.3 is 4.42 Å². The van der Waals surface area contributed by atoms with Crippen molar-refractivity contribution < 1.29 is 4.42 Å². The van der Waals surface area contributed by atoms with Crippen LogP contribution in [-0.4, -0.2) is 4.98 Å². The molecule has 1 heterocycles. The third-order valence-corrected chi connectivity index (χ3v) is 3.32. The van der Waals surface area contributed by atoms with E-state index in [2.05, 4.69) is 24.9 Å². The first-order valence-electron chi connectivity index (χ1n) is 6.37. The number of unbranched alkanes of at least 4 members (excludes halogenated alkanes) is 1. The van der Waals surface area contributed by atoms with Crippen molar-refractivity contribution in [3.05, 3.63) is 34.3 Å². The SMILES string of the molecule is CCCCC(CC)c1ccc2[nH]c(=O)oc2c1. The summed E-state index contributed by atoms with van der Waals surface area (Å²) < 4.78 is 5.10. The van der Waals surface area contributed by atoms with Crippen molar-refractivity contribution in [3.8, 4) is 0 Å². The van der Waals surface area contributed by atoms with Gasteiger partial charge in [0.1, 0.15) is 0 Å². The molecule has 0 fully saturated rings. The van der Waals surface area contributed by atoms with Gasteiger partial charge in [-0.1, -0.05) is 32.8 Å². The van der Waals surface area contributed by atoms with Crippen LogP contribution in [0.5, 0.6) is 0 Å². The molecule has 1 aromatic carbocycles. The van der Waals surface area contributed by atoms with Crippen molar-refractivity contribution in [1.29, 1.82) is 0 Å². The predicted octanol–water partition coefficient (Wildman–Crippen LogP) is 3.80. The molecule has 0 bridgehead atoms. The minimum Gasteiger partial charge on any atom is -0.408 e. The fourth-order valence-electron chi connectivity index (χ4n) is 2.27. The topological polar surface area (TPSA) is 46.0 Å². The molecular formula is C14H19NO2. The lowest BCUT2D eigenvalue weighted by atomic mass is 9.91. The number of rotatable bonds is 5. The van der Waals surface area contributed by atoms with Gasteiger partial charge in [0.15, 0.2) is 5.58 Å². The molecule has 2 aromatic rings. The second-order valence-electron chi connectivity index (χ2n) is 4.52. The highest BCUT2D eigenvalue weighted by molar-refractivity contribution is 5.72. The number of benzene rings is 1. The lowest BCUT2D eigenvalue weighted by molar-refractivity contribution is 0.549. The second kappa shape index (κ2) is 5.21. The molecule has 92 valence electrons. The van der Waals surface area contributed by atoms with Gasteiger partial charge >= 0.3 is 5.76 Å². The van der Waals surface area contributed by atoms with Crippen LogP contribution in [0.3, 0.4) is 0 Å². The van der Waals surface area contributed by atoms with Gasteiger partial charge in [-0.25, -0.2) is 4.79 Å². The Morgan fingerprint density at radius 2 is 2.18 bits per heavy atom. The van der Waals surface area contributed by atoms with E-state index in [1.807, 2.05) is 12.1 Å². The number of hydrogen-bond donors (Lipinski definition) is 1. The zero-order valence-corrected chi connectivity index (χ0v) is 10.5. The molecular weight excluding hydrogens is 214 g/mol. The monoisotopic (exact) mass is 233 g/mol. The molecule has 1 atom stereocenters. The van der Waals surface area contributed by atoms with Crippen molar-refractivity contribution in [3.63, 3.8) is 0 Å². The summed E-state index contributed by atoms with van der Waals surface area (Å²) in [5, 5.41) is 0. The Bertz CT molecular complexity index is 538. The van der Waals surface area contributed by atoms with Gasteiger partial charge in [-0.15, -0.1) is 0 Å². The Kier molecular flexibility index (Phi) is 3.67.